The lowest BCUT2D eigenvalue weighted by molar-refractivity contribution is -0.111. The Morgan fingerprint density at radius 2 is 1.75 bits per heavy atom. The Morgan fingerprint density at radius 1 is 1.07 bits per heavy atom. The number of esters is 1. The zero-order chi connectivity index (χ0) is 20.1. The van der Waals surface area contributed by atoms with Crippen LogP contribution in [0.15, 0.2) is 54.6 Å². The van der Waals surface area contributed by atoms with Gasteiger partial charge in [-0.25, -0.2) is 13.2 Å². The second kappa shape index (κ2) is 8.26. The number of anilines is 2. The number of amides is 1. The van der Waals surface area contributed by atoms with Gasteiger partial charge in [-0.3, -0.25) is 9.10 Å². The molecule has 0 aromatic heterocycles. The standard InChI is InChI=1S/C20H20N2O5S/c1-27-20(24)16-6-3-15(4-7-16)5-12-19(23)21-17-8-10-18(11-9-17)22-13-2-14-28(22,25)26/h3-12H,2,13-14H2,1H3,(H,21,23)/b12-5+. The number of ether oxygens (including phenoxy) is 1. The quantitative estimate of drug-likeness (QED) is 0.615. The van der Waals surface area contributed by atoms with Crippen molar-refractivity contribution in [1.29, 1.82) is 0 Å². The van der Waals surface area contributed by atoms with Crippen LogP contribution in [0.5, 0.6) is 0 Å². The van der Waals surface area contributed by atoms with Crippen molar-refractivity contribution >= 4 is 39.4 Å². The molecule has 1 amide bonds. The maximum Gasteiger partial charge on any atom is 0.337 e. The van der Waals surface area contributed by atoms with Crippen LogP contribution in [0.2, 0.25) is 0 Å². The molecule has 3 rings (SSSR count). The van der Waals surface area contributed by atoms with E-state index in [0.29, 0.717) is 29.9 Å². The lowest BCUT2D eigenvalue weighted by Gasteiger charge is -2.17. The Hall–Kier alpha value is -3.13. The van der Waals surface area contributed by atoms with Crippen LogP contribution in [0.3, 0.4) is 0 Å². The number of hydrogen-bond donors (Lipinski definition) is 1. The Balaban J connectivity index is 1.60. The van der Waals surface area contributed by atoms with Crippen LogP contribution in [-0.4, -0.2) is 39.7 Å². The fraction of sp³-hybridized carbons (Fsp3) is 0.200. The Bertz CT molecular complexity index is 996. The average molecular weight is 400 g/mol. The predicted molar refractivity (Wildman–Crippen MR) is 108 cm³/mol. The minimum atomic E-state index is -3.22. The number of methoxy groups -OCH3 is 1. The van der Waals surface area contributed by atoms with Gasteiger partial charge >= 0.3 is 5.97 Å². The van der Waals surface area contributed by atoms with Gasteiger partial charge in [0.1, 0.15) is 0 Å². The lowest BCUT2D eigenvalue weighted by Crippen LogP contribution is -2.24. The minimum Gasteiger partial charge on any atom is -0.465 e. The second-order valence-electron chi connectivity index (χ2n) is 6.22. The first-order chi connectivity index (χ1) is 13.4. The van der Waals surface area contributed by atoms with E-state index in [2.05, 4.69) is 10.1 Å². The molecule has 1 aliphatic rings. The van der Waals surface area contributed by atoms with E-state index in [1.807, 2.05) is 0 Å². The van der Waals surface area contributed by atoms with E-state index in [1.165, 1.54) is 17.5 Å². The van der Waals surface area contributed by atoms with Crippen molar-refractivity contribution < 1.29 is 22.7 Å². The smallest absolute Gasteiger partial charge is 0.337 e. The molecule has 0 aliphatic carbocycles. The van der Waals surface area contributed by atoms with Crippen molar-refractivity contribution in [3.8, 4) is 0 Å². The molecule has 2 aromatic carbocycles. The van der Waals surface area contributed by atoms with Gasteiger partial charge in [-0.1, -0.05) is 12.1 Å². The van der Waals surface area contributed by atoms with Gasteiger partial charge < -0.3 is 10.1 Å². The Kier molecular flexibility index (Phi) is 5.79. The summed E-state index contributed by atoms with van der Waals surface area (Å²) in [5, 5.41) is 2.72. The summed E-state index contributed by atoms with van der Waals surface area (Å²) in [6, 6.07) is 13.3. The molecule has 1 aliphatic heterocycles. The summed E-state index contributed by atoms with van der Waals surface area (Å²) in [6.07, 6.45) is 3.62. The number of benzene rings is 2. The molecule has 1 heterocycles. The van der Waals surface area contributed by atoms with Gasteiger partial charge in [-0.15, -0.1) is 0 Å². The van der Waals surface area contributed by atoms with Crippen molar-refractivity contribution in [3.05, 3.63) is 65.7 Å². The van der Waals surface area contributed by atoms with Crippen molar-refractivity contribution in [1.82, 2.24) is 0 Å². The summed E-state index contributed by atoms with van der Waals surface area (Å²) < 4.78 is 29.9. The minimum absolute atomic E-state index is 0.164. The molecule has 0 spiro atoms. The molecule has 2 aromatic rings. The van der Waals surface area contributed by atoms with E-state index < -0.39 is 16.0 Å². The summed E-state index contributed by atoms with van der Waals surface area (Å²) >= 11 is 0. The number of sulfonamides is 1. The highest BCUT2D eigenvalue weighted by Crippen LogP contribution is 2.25. The van der Waals surface area contributed by atoms with Crippen LogP contribution in [0.4, 0.5) is 11.4 Å². The SMILES string of the molecule is COC(=O)c1ccc(/C=C/C(=O)Nc2ccc(N3CCCS3(=O)=O)cc2)cc1. The number of carbonyl (C=O) groups is 2. The van der Waals surface area contributed by atoms with Gasteiger partial charge in [0.05, 0.1) is 24.1 Å². The van der Waals surface area contributed by atoms with Crippen molar-refractivity contribution in [2.75, 3.05) is 29.0 Å². The van der Waals surface area contributed by atoms with Gasteiger partial charge in [0, 0.05) is 18.3 Å². The number of nitrogens with zero attached hydrogens (tertiary/aromatic N) is 1. The van der Waals surface area contributed by atoms with Crippen molar-refractivity contribution in [2.24, 2.45) is 0 Å². The predicted octanol–water partition coefficient (Wildman–Crippen LogP) is 2.67. The monoisotopic (exact) mass is 400 g/mol. The molecule has 0 unspecified atom stereocenters. The summed E-state index contributed by atoms with van der Waals surface area (Å²) in [4.78, 5) is 23.5. The topological polar surface area (TPSA) is 92.8 Å². The fourth-order valence-electron chi connectivity index (χ4n) is 2.84. The van der Waals surface area contributed by atoms with E-state index in [0.717, 1.165) is 5.56 Å². The molecule has 0 radical (unpaired) electrons. The lowest BCUT2D eigenvalue weighted by atomic mass is 10.1. The van der Waals surface area contributed by atoms with Crippen LogP contribution in [0.1, 0.15) is 22.3 Å². The molecule has 1 N–H and O–H groups in total. The van der Waals surface area contributed by atoms with Gasteiger partial charge in [0.25, 0.3) is 0 Å². The number of rotatable bonds is 5. The van der Waals surface area contributed by atoms with Crippen LogP contribution < -0.4 is 9.62 Å². The largest absolute Gasteiger partial charge is 0.465 e. The summed E-state index contributed by atoms with van der Waals surface area (Å²) in [7, 11) is -1.90. The molecule has 0 bridgehead atoms. The number of carbonyl (C=O) groups excluding carboxylic acids is 2. The third-order valence-electron chi connectivity index (χ3n) is 4.28. The van der Waals surface area contributed by atoms with E-state index in [9.17, 15) is 18.0 Å². The summed E-state index contributed by atoms with van der Waals surface area (Å²) in [5.41, 5.74) is 2.36. The molecule has 8 heteroatoms. The molecule has 1 fully saturated rings. The molecular formula is C20H20N2O5S. The first-order valence-corrected chi connectivity index (χ1v) is 10.3. The maximum atomic E-state index is 12.1. The van der Waals surface area contributed by atoms with Crippen LogP contribution >= 0.6 is 0 Å². The van der Waals surface area contributed by atoms with E-state index in [-0.39, 0.29) is 11.7 Å². The van der Waals surface area contributed by atoms with E-state index in [4.69, 9.17) is 0 Å². The molecular weight excluding hydrogens is 380 g/mol. The van der Waals surface area contributed by atoms with Crippen LogP contribution in [0.25, 0.3) is 6.08 Å². The second-order valence-corrected chi connectivity index (χ2v) is 8.24. The molecule has 7 nitrogen and oxygen atoms in total. The molecule has 0 saturated carbocycles. The van der Waals surface area contributed by atoms with Crippen LogP contribution in [0, 0.1) is 0 Å². The van der Waals surface area contributed by atoms with Gasteiger partial charge in [0.2, 0.25) is 15.9 Å². The first kappa shape index (κ1) is 19.6. The summed E-state index contributed by atoms with van der Waals surface area (Å²) in [5.74, 6) is -0.575. The highest BCUT2D eigenvalue weighted by molar-refractivity contribution is 7.93. The maximum absolute atomic E-state index is 12.1. The Labute approximate surface area is 163 Å². The highest BCUT2D eigenvalue weighted by Gasteiger charge is 2.28. The Morgan fingerprint density at radius 3 is 2.32 bits per heavy atom. The third-order valence-corrected chi connectivity index (χ3v) is 6.15. The fourth-order valence-corrected chi connectivity index (χ4v) is 4.41. The number of nitrogens with one attached hydrogen (secondary N) is 1. The van der Waals surface area contributed by atoms with E-state index in [1.54, 1.807) is 54.6 Å². The van der Waals surface area contributed by atoms with E-state index >= 15 is 0 Å². The van der Waals surface area contributed by atoms with Gasteiger partial charge in [-0.05, 0) is 54.5 Å². The molecule has 28 heavy (non-hydrogen) atoms. The normalized spacial score (nSPS) is 15.5. The highest BCUT2D eigenvalue weighted by atomic mass is 32.2. The van der Waals surface area contributed by atoms with Crippen LogP contribution in [-0.2, 0) is 19.6 Å². The zero-order valence-corrected chi connectivity index (χ0v) is 16.1. The van der Waals surface area contributed by atoms with Crippen molar-refractivity contribution in [2.45, 2.75) is 6.42 Å². The van der Waals surface area contributed by atoms with Gasteiger partial charge in [0.15, 0.2) is 0 Å². The summed E-state index contributed by atoms with van der Waals surface area (Å²) in [6.45, 7) is 0.478. The molecule has 146 valence electrons. The third kappa shape index (κ3) is 4.58. The first-order valence-electron chi connectivity index (χ1n) is 8.67. The molecule has 1 saturated heterocycles. The zero-order valence-electron chi connectivity index (χ0n) is 15.3. The van der Waals surface area contributed by atoms with Gasteiger partial charge in [-0.2, -0.15) is 0 Å². The molecule has 0 atom stereocenters. The number of hydrogen-bond acceptors (Lipinski definition) is 5. The average Bonchev–Trinajstić information content (AvgIpc) is 3.06. The van der Waals surface area contributed by atoms with Crippen molar-refractivity contribution in [3.63, 3.8) is 0 Å².